The quantitative estimate of drug-likeness (QED) is 0.733. The fourth-order valence-corrected chi connectivity index (χ4v) is 2.84. The van der Waals surface area contributed by atoms with Gasteiger partial charge in [-0.1, -0.05) is 46.6 Å². The summed E-state index contributed by atoms with van der Waals surface area (Å²) in [6.45, 7) is 7.44. The Balaban J connectivity index is 2.09. The third-order valence-electron chi connectivity index (χ3n) is 3.40. The summed E-state index contributed by atoms with van der Waals surface area (Å²) in [6.07, 6.45) is 1.14. The van der Waals surface area contributed by atoms with Crippen molar-refractivity contribution in [1.82, 2.24) is 5.32 Å². The normalized spacial score (nSPS) is 12.2. The summed E-state index contributed by atoms with van der Waals surface area (Å²) < 4.78 is 6.95. The van der Waals surface area contributed by atoms with E-state index in [2.05, 4.69) is 60.2 Å². The van der Waals surface area contributed by atoms with E-state index in [9.17, 15) is 0 Å². The minimum Gasteiger partial charge on any atom is -0.457 e. The highest BCUT2D eigenvalue weighted by atomic mass is 79.9. The smallest absolute Gasteiger partial charge is 0.128 e. The van der Waals surface area contributed by atoms with Gasteiger partial charge in [0.2, 0.25) is 0 Å². The second kappa shape index (κ2) is 7.62. The molecule has 2 rings (SSSR count). The second-order valence-corrected chi connectivity index (χ2v) is 6.13. The fourth-order valence-electron chi connectivity index (χ4n) is 2.14. The minimum absolute atomic E-state index is 0.327. The van der Waals surface area contributed by atoms with Crippen molar-refractivity contribution in [2.75, 3.05) is 6.54 Å². The number of halogens is 1. The summed E-state index contributed by atoms with van der Waals surface area (Å²) in [5.74, 6) is 1.70. The Morgan fingerprint density at radius 3 is 2.38 bits per heavy atom. The molecule has 2 aromatic carbocycles. The van der Waals surface area contributed by atoms with Crippen LogP contribution in [-0.4, -0.2) is 6.54 Å². The van der Waals surface area contributed by atoms with E-state index >= 15 is 0 Å². The van der Waals surface area contributed by atoms with Gasteiger partial charge >= 0.3 is 0 Å². The molecule has 0 saturated carbocycles. The predicted octanol–water partition coefficient (Wildman–Crippen LogP) is 5.61. The Hall–Kier alpha value is -1.32. The Morgan fingerprint density at radius 1 is 1.10 bits per heavy atom. The first-order valence-electron chi connectivity index (χ1n) is 7.37. The van der Waals surface area contributed by atoms with E-state index in [0.29, 0.717) is 6.04 Å². The van der Waals surface area contributed by atoms with Crippen LogP contribution in [0.3, 0.4) is 0 Å². The molecular weight excluding hydrogens is 326 g/mol. The van der Waals surface area contributed by atoms with E-state index in [1.807, 2.05) is 24.3 Å². The maximum atomic E-state index is 5.88. The molecule has 0 amide bonds. The molecule has 0 saturated heterocycles. The van der Waals surface area contributed by atoms with Gasteiger partial charge in [-0.05, 0) is 56.6 Å². The highest BCUT2D eigenvalue weighted by Crippen LogP contribution is 2.30. The van der Waals surface area contributed by atoms with Crippen molar-refractivity contribution < 1.29 is 4.74 Å². The molecule has 1 N–H and O–H groups in total. The summed E-state index contributed by atoms with van der Waals surface area (Å²) in [7, 11) is 0. The van der Waals surface area contributed by atoms with Gasteiger partial charge in [0, 0.05) is 10.5 Å². The number of benzene rings is 2. The topological polar surface area (TPSA) is 21.3 Å². The van der Waals surface area contributed by atoms with Crippen LogP contribution in [0.25, 0.3) is 0 Å². The van der Waals surface area contributed by atoms with Crippen LogP contribution in [0.15, 0.2) is 46.9 Å². The van der Waals surface area contributed by atoms with Crippen LogP contribution in [0, 0.1) is 6.92 Å². The van der Waals surface area contributed by atoms with Gasteiger partial charge in [0.1, 0.15) is 11.5 Å². The van der Waals surface area contributed by atoms with Crippen molar-refractivity contribution in [3.63, 3.8) is 0 Å². The standard InChI is InChI=1S/C18H22BrNO/c1-4-11-20-14(3)17-10-9-16(12-18(17)19)21-15-7-5-13(2)6-8-15/h5-10,12,14,20H,4,11H2,1-3H3. The van der Waals surface area contributed by atoms with Crippen molar-refractivity contribution in [2.24, 2.45) is 0 Å². The fraction of sp³-hybridized carbons (Fsp3) is 0.333. The van der Waals surface area contributed by atoms with Crippen LogP contribution >= 0.6 is 15.9 Å². The van der Waals surface area contributed by atoms with Crippen molar-refractivity contribution in [1.29, 1.82) is 0 Å². The third-order valence-corrected chi connectivity index (χ3v) is 4.08. The molecule has 1 unspecified atom stereocenters. The lowest BCUT2D eigenvalue weighted by molar-refractivity contribution is 0.481. The van der Waals surface area contributed by atoms with E-state index in [1.165, 1.54) is 11.1 Å². The Kier molecular flexibility index (Phi) is 5.83. The van der Waals surface area contributed by atoms with Gasteiger partial charge in [0.05, 0.1) is 0 Å². The molecule has 0 aliphatic heterocycles. The number of hydrogen-bond donors (Lipinski definition) is 1. The predicted molar refractivity (Wildman–Crippen MR) is 92.1 cm³/mol. The number of nitrogens with one attached hydrogen (secondary N) is 1. The van der Waals surface area contributed by atoms with Crippen LogP contribution in [-0.2, 0) is 0 Å². The van der Waals surface area contributed by atoms with Crippen molar-refractivity contribution in [2.45, 2.75) is 33.2 Å². The third kappa shape index (κ3) is 4.58. The number of ether oxygens (including phenoxy) is 1. The Bertz CT molecular complexity index is 580. The molecular formula is C18H22BrNO. The lowest BCUT2D eigenvalue weighted by Crippen LogP contribution is -2.19. The van der Waals surface area contributed by atoms with Crippen molar-refractivity contribution >= 4 is 15.9 Å². The number of aryl methyl sites for hydroxylation is 1. The molecule has 0 radical (unpaired) electrons. The number of hydrogen-bond acceptors (Lipinski definition) is 2. The first kappa shape index (κ1) is 16.1. The zero-order chi connectivity index (χ0) is 15.2. The lowest BCUT2D eigenvalue weighted by atomic mass is 10.1. The first-order valence-corrected chi connectivity index (χ1v) is 8.16. The maximum Gasteiger partial charge on any atom is 0.128 e. The molecule has 0 heterocycles. The monoisotopic (exact) mass is 347 g/mol. The average molecular weight is 348 g/mol. The molecule has 1 atom stereocenters. The van der Waals surface area contributed by atoms with E-state index in [1.54, 1.807) is 0 Å². The highest BCUT2D eigenvalue weighted by molar-refractivity contribution is 9.10. The lowest BCUT2D eigenvalue weighted by Gasteiger charge is -2.16. The van der Waals surface area contributed by atoms with Gasteiger partial charge in [0.25, 0.3) is 0 Å². The molecule has 0 bridgehead atoms. The van der Waals surface area contributed by atoms with Gasteiger partial charge < -0.3 is 10.1 Å². The molecule has 0 fully saturated rings. The van der Waals surface area contributed by atoms with Gasteiger partial charge in [-0.25, -0.2) is 0 Å². The van der Waals surface area contributed by atoms with Crippen LogP contribution in [0.5, 0.6) is 11.5 Å². The van der Waals surface area contributed by atoms with Gasteiger partial charge in [-0.3, -0.25) is 0 Å². The summed E-state index contributed by atoms with van der Waals surface area (Å²) in [6, 6.07) is 14.6. The number of rotatable bonds is 6. The zero-order valence-corrected chi connectivity index (χ0v) is 14.4. The summed E-state index contributed by atoms with van der Waals surface area (Å²) in [4.78, 5) is 0. The highest BCUT2D eigenvalue weighted by Gasteiger charge is 2.09. The molecule has 2 aromatic rings. The van der Waals surface area contributed by atoms with Crippen molar-refractivity contribution in [3.05, 3.63) is 58.1 Å². The van der Waals surface area contributed by atoms with Crippen molar-refractivity contribution in [3.8, 4) is 11.5 Å². The summed E-state index contributed by atoms with van der Waals surface area (Å²) in [5.41, 5.74) is 2.48. The van der Waals surface area contributed by atoms with Gasteiger partial charge in [0.15, 0.2) is 0 Å². The molecule has 3 heteroatoms. The maximum absolute atomic E-state index is 5.88. The average Bonchev–Trinajstić information content (AvgIpc) is 2.47. The Labute approximate surface area is 135 Å². The van der Waals surface area contributed by atoms with E-state index in [0.717, 1.165) is 28.9 Å². The SMILES string of the molecule is CCCNC(C)c1ccc(Oc2ccc(C)cc2)cc1Br. The molecule has 0 spiro atoms. The summed E-state index contributed by atoms with van der Waals surface area (Å²) in [5, 5.41) is 3.49. The van der Waals surface area contributed by atoms with Crippen LogP contribution in [0.2, 0.25) is 0 Å². The molecule has 21 heavy (non-hydrogen) atoms. The van der Waals surface area contributed by atoms with E-state index in [-0.39, 0.29) is 0 Å². The van der Waals surface area contributed by atoms with E-state index < -0.39 is 0 Å². The molecule has 2 nitrogen and oxygen atoms in total. The van der Waals surface area contributed by atoms with Crippen LogP contribution in [0.1, 0.15) is 37.4 Å². The Morgan fingerprint density at radius 2 is 1.76 bits per heavy atom. The minimum atomic E-state index is 0.327. The van der Waals surface area contributed by atoms with Gasteiger partial charge in [-0.2, -0.15) is 0 Å². The van der Waals surface area contributed by atoms with Gasteiger partial charge in [-0.15, -0.1) is 0 Å². The molecule has 0 aromatic heterocycles. The zero-order valence-electron chi connectivity index (χ0n) is 12.8. The van der Waals surface area contributed by atoms with Crippen LogP contribution < -0.4 is 10.1 Å². The van der Waals surface area contributed by atoms with E-state index in [4.69, 9.17) is 4.74 Å². The molecule has 0 aliphatic carbocycles. The van der Waals surface area contributed by atoms with Crippen LogP contribution in [0.4, 0.5) is 0 Å². The summed E-state index contributed by atoms with van der Waals surface area (Å²) >= 11 is 3.64. The first-order chi connectivity index (χ1) is 10.1. The second-order valence-electron chi connectivity index (χ2n) is 5.27. The largest absolute Gasteiger partial charge is 0.457 e. The molecule has 112 valence electrons. The molecule has 0 aliphatic rings.